The SMILES string of the molecule is CCCCCCCCCCCCCCCCCCCCCCCCCCc1ccc(N=CC(CCCCCCCC)=Nc2ccc(CCCCCCCCCCCCCCCCCCCCCCCCCC)cc2)cc1.CCCCCc1cc(C)c([O-])c([O-])c1.[Ni+2]. The predicted octanol–water partition coefficient (Wildman–Crippen LogP) is 28.6. The minimum atomic E-state index is -0.364. The smallest absolute Gasteiger partial charge is 0.873 e. The molecule has 0 unspecified atom stereocenters. The van der Waals surface area contributed by atoms with Crippen molar-refractivity contribution in [3.8, 4) is 11.5 Å². The van der Waals surface area contributed by atoms with E-state index in [-0.39, 0.29) is 28.0 Å². The van der Waals surface area contributed by atoms with Crippen LogP contribution in [0, 0.1) is 6.92 Å². The van der Waals surface area contributed by atoms with E-state index < -0.39 is 0 Å². The quantitative estimate of drug-likeness (QED) is 0.0321. The maximum absolute atomic E-state index is 11.2. The Kier molecular flexibility index (Phi) is 63.5. The van der Waals surface area contributed by atoms with Crippen LogP contribution in [0.25, 0.3) is 0 Å². The van der Waals surface area contributed by atoms with Gasteiger partial charge in [0.15, 0.2) is 0 Å². The summed E-state index contributed by atoms with van der Waals surface area (Å²) in [5.74, 6) is -0.722. The second-order valence-corrected chi connectivity index (χ2v) is 28.2. The summed E-state index contributed by atoms with van der Waals surface area (Å²) in [4.78, 5) is 10.1. The van der Waals surface area contributed by atoms with E-state index >= 15 is 0 Å². The summed E-state index contributed by atoms with van der Waals surface area (Å²) in [6.45, 7) is 10.8. The van der Waals surface area contributed by atoms with Crippen LogP contribution in [0.5, 0.6) is 11.5 Å². The van der Waals surface area contributed by atoms with E-state index in [1.165, 1.54) is 390 Å². The van der Waals surface area contributed by atoms with Crippen LogP contribution in [-0.2, 0) is 35.8 Å². The van der Waals surface area contributed by atoms with Crippen LogP contribution in [0.1, 0.15) is 422 Å². The Morgan fingerprint density at radius 1 is 0.297 bits per heavy atom. The van der Waals surface area contributed by atoms with Gasteiger partial charge in [0.25, 0.3) is 0 Å². The van der Waals surface area contributed by atoms with Gasteiger partial charge in [0, 0.05) is 6.21 Å². The average molecular weight is 1300 g/mol. The summed E-state index contributed by atoms with van der Waals surface area (Å²) in [5, 5.41) is 22.3. The zero-order chi connectivity index (χ0) is 64.5. The van der Waals surface area contributed by atoms with Gasteiger partial charge in [-0.25, -0.2) is 0 Å². The van der Waals surface area contributed by atoms with E-state index in [9.17, 15) is 10.2 Å². The van der Waals surface area contributed by atoms with Crippen molar-refractivity contribution in [3.63, 3.8) is 0 Å². The number of hydrogen-bond donors (Lipinski definition) is 0. The molecule has 0 aliphatic heterocycles. The minimum absolute atomic E-state index is 0. The van der Waals surface area contributed by atoms with Crippen molar-refractivity contribution in [1.82, 2.24) is 0 Å². The van der Waals surface area contributed by atoms with Crippen molar-refractivity contribution in [2.75, 3.05) is 0 Å². The van der Waals surface area contributed by atoms with Crippen molar-refractivity contribution >= 4 is 23.3 Å². The van der Waals surface area contributed by atoms with Gasteiger partial charge in [-0.15, -0.1) is 11.5 Å². The molecule has 0 radical (unpaired) electrons. The van der Waals surface area contributed by atoms with Crippen LogP contribution in [-0.4, -0.2) is 11.9 Å². The van der Waals surface area contributed by atoms with E-state index in [2.05, 4.69) is 82.4 Å². The molecule has 3 aromatic carbocycles. The molecule has 0 bridgehead atoms. The molecule has 0 aliphatic carbocycles. The number of benzene rings is 3. The molecule has 4 nitrogen and oxygen atoms in total. The first-order valence-electron chi connectivity index (χ1n) is 40.2. The van der Waals surface area contributed by atoms with Gasteiger partial charge in [-0.2, -0.15) is 0 Å². The first kappa shape index (κ1) is 86.1. The Bertz CT molecular complexity index is 2000. The molecular weight excluding hydrogens is 1150 g/mol. The molecular formula is C86H148N2NiO2. The molecule has 3 aromatic rings. The van der Waals surface area contributed by atoms with Crippen molar-refractivity contribution in [2.24, 2.45) is 9.98 Å². The van der Waals surface area contributed by atoms with Crippen LogP contribution in [0.4, 0.5) is 11.4 Å². The Labute approximate surface area is 577 Å². The first-order chi connectivity index (χ1) is 44.4. The molecule has 5 heteroatoms. The molecule has 91 heavy (non-hydrogen) atoms. The van der Waals surface area contributed by atoms with Crippen LogP contribution < -0.4 is 10.2 Å². The number of aliphatic imine (C=N–C) groups is 2. The molecule has 3 rings (SSSR count). The summed E-state index contributed by atoms with van der Waals surface area (Å²) in [6.07, 6.45) is 86.9. The second-order valence-electron chi connectivity index (χ2n) is 28.2. The van der Waals surface area contributed by atoms with Gasteiger partial charge in [0.2, 0.25) is 0 Å². The van der Waals surface area contributed by atoms with Crippen LogP contribution in [0.3, 0.4) is 0 Å². The Hall–Kier alpha value is -2.91. The molecule has 0 heterocycles. The summed E-state index contributed by atoms with van der Waals surface area (Å²) in [7, 11) is 0. The van der Waals surface area contributed by atoms with Crippen molar-refractivity contribution in [3.05, 3.63) is 82.9 Å². The van der Waals surface area contributed by atoms with Crippen molar-refractivity contribution in [2.45, 2.75) is 426 Å². The summed E-state index contributed by atoms with van der Waals surface area (Å²) >= 11 is 0. The molecule has 0 spiro atoms. The predicted molar refractivity (Wildman–Crippen MR) is 400 cm³/mol. The third kappa shape index (κ3) is 55.0. The average Bonchev–Trinajstić information content (AvgIpc) is 2.67. The first-order valence-corrected chi connectivity index (χ1v) is 40.2. The molecule has 0 atom stereocenters. The van der Waals surface area contributed by atoms with Crippen LogP contribution in [0.2, 0.25) is 0 Å². The van der Waals surface area contributed by atoms with E-state index in [4.69, 9.17) is 9.98 Å². The minimum Gasteiger partial charge on any atom is -0.873 e. The summed E-state index contributed by atoms with van der Waals surface area (Å²) < 4.78 is 0. The van der Waals surface area contributed by atoms with Crippen molar-refractivity contribution in [1.29, 1.82) is 0 Å². The largest absolute Gasteiger partial charge is 2.00 e. The van der Waals surface area contributed by atoms with E-state index in [1.807, 2.05) is 6.07 Å². The molecule has 0 aromatic heterocycles. The van der Waals surface area contributed by atoms with Gasteiger partial charge in [0.1, 0.15) is 0 Å². The number of unbranched alkanes of at least 4 members (excludes halogenated alkanes) is 53. The number of rotatable bonds is 64. The molecule has 0 N–H and O–H groups in total. The Morgan fingerprint density at radius 3 is 0.835 bits per heavy atom. The Balaban J connectivity index is 0.00000242. The number of hydrogen-bond acceptors (Lipinski definition) is 4. The van der Waals surface area contributed by atoms with Crippen LogP contribution >= 0.6 is 0 Å². The van der Waals surface area contributed by atoms with E-state index in [1.54, 1.807) is 6.92 Å². The second kappa shape index (κ2) is 67.1. The van der Waals surface area contributed by atoms with Crippen LogP contribution in [0.15, 0.2) is 70.6 Å². The standard InChI is InChI=1S/C74H132N2.C12H18O2.Ni/c1-4-7-10-13-16-18-20-22-24-26-28-30-32-34-36-38-40-42-44-46-48-50-52-55-58-70-61-65-72(66-62-70)75-69-74(60-57-54-15-12-9-6-3)76-73-67-63-71(64-68-73)59-56-53-51-49-47-45-43-41-39-37-35-33-31-29-27-25-23-21-19-17-14-11-8-5-2;1-3-4-5-6-10-7-9(2)12(14)11(13)8-10;/h61-69H,4-60H2,1-3H3;7-8,13-14H,3-6H2,1-2H3;/q;;+2/p-2. The maximum Gasteiger partial charge on any atom is 2.00 e. The molecule has 0 aliphatic rings. The molecule has 524 valence electrons. The monoisotopic (exact) mass is 1300 g/mol. The fourth-order valence-corrected chi connectivity index (χ4v) is 13.2. The number of nitrogens with zero attached hydrogens (tertiary/aromatic N) is 2. The van der Waals surface area contributed by atoms with Gasteiger partial charge in [-0.1, -0.05) is 410 Å². The van der Waals surface area contributed by atoms with Gasteiger partial charge in [0.05, 0.1) is 17.1 Å². The third-order valence-electron chi connectivity index (χ3n) is 19.3. The normalized spacial score (nSPS) is 11.6. The topological polar surface area (TPSA) is 70.8 Å². The summed E-state index contributed by atoms with van der Waals surface area (Å²) in [6, 6.07) is 21.5. The third-order valence-corrected chi connectivity index (χ3v) is 19.3. The molecule has 0 amide bonds. The van der Waals surface area contributed by atoms with E-state index in [0.29, 0.717) is 5.56 Å². The summed E-state index contributed by atoms with van der Waals surface area (Å²) in [5.41, 5.74) is 7.69. The molecule has 0 fully saturated rings. The zero-order valence-corrected chi connectivity index (χ0v) is 62.0. The van der Waals surface area contributed by atoms with Gasteiger partial charge in [-0.05, 0) is 99.2 Å². The van der Waals surface area contributed by atoms with Gasteiger partial charge >= 0.3 is 16.5 Å². The van der Waals surface area contributed by atoms with E-state index in [0.717, 1.165) is 41.9 Å². The fraction of sp³-hybridized carbons (Fsp3) is 0.767. The maximum atomic E-state index is 11.2. The zero-order valence-electron chi connectivity index (χ0n) is 61.0. The van der Waals surface area contributed by atoms with Gasteiger partial charge < -0.3 is 10.2 Å². The Morgan fingerprint density at radius 2 is 0.538 bits per heavy atom. The molecule has 0 saturated carbocycles. The molecule has 0 saturated heterocycles. The van der Waals surface area contributed by atoms with Gasteiger partial charge in [-0.3, -0.25) is 9.98 Å². The number of aryl methyl sites for hydroxylation is 4. The van der Waals surface area contributed by atoms with Crippen molar-refractivity contribution < 1.29 is 26.7 Å². The fourth-order valence-electron chi connectivity index (χ4n) is 13.2.